The molecule has 0 fully saturated rings. The van der Waals surface area contributed by atoms with Gasteiger partial charge in [-0.15, -0.1) is 17.0 Å². The van der Waals surface area contributed by atoms with Crippen LogP contribution >= 0.6 is 32.9 Å². The Morgan fingerprint density at radius 3 is 2.85 bits per heavy atom. The molecular weight excluding hydrogens is 303 g/mol. The molecule has 13 heavy (non-hydrogen) atoms. The first-order chi connectivity index (χ1) is 5.68. The third kappa shape index (κ3) is 1.83. The van der Waals surface area contributed by atoms with Crippen molar-refractivity contribution in [2.45, 2.75) is 11.2 Å². The molecule has 0 amide bonds. The predicted octanol–water partition coefficient (Wildman–Crippen LogP) is 2.91. The number of rotatable bonds is 0. The number of halogens is 3. The highest BCUT2D eigenvalue weighted by Crippen LogP contribution is 2.27. The van der Waals surface area contributed by atoms with Gasteiger partial charge in [-0.2, -0.15) is 0 Å². The van der Waals surface area contributed by atoms with Crippen LogP contribution in [-0.2, 0) is 6.42 Å². The normalized spacial score (nSPS) is 19.5. The summed E-state index contributed by atoms with van der Waals surface area (Å²) in [5.41, 5.74) is 1.46. The van der Waals surface area contributed by atoms with Crippen molar-refractivity contribution in [1.29, 1.82) is 0 Å². The number of ketones is 1. The number of hydrogen-bond acceptors (Lipinski definition) is 1. The summed E-state index contributed by atoms with van der Waals surface area (Å²) in [5, 5.41) is 0. The minimum atomic E-state index is -0.275. The van der Waals surface area contributed by atoms with Crippen LogP contribution in [0.5, 0.6) is 0 Å². The van der Waals surface area contributed by atoms with E-state index in [-0.39, 0.29) is 33.4 Å². The largest absolute Gasteiger partial charge is 0.293 e. The summed E-state index contributed by atoms with van der Waals surface area (Å²) in [6, 6.07) is 4.30. The summed E-state index contributed by atoms with van der Waals surface area (Å²) in [7, 11) is 0. The van der Waals surface area contributed by atoms with Crippen molar-refractivity contribution in [3.05, 3.63) is 35.1 Å². The molecule has 0 bridgehead atoms. The van der Waals surface area contributed by atoms with Gasteiger partial charge in [-0.1, -0.05) is 15.9 Å². The monoisotopic (exact) mass is 308 g/mol. The number of fused-ring (bicyclic) bond motifs is 1. The Balaban J connectivity index is 0.000000845. The lowest BCUT2D eigenvalue weighted by molar-refractivity contribution is 0.100. The van der Waals surface area contributed by atoms with Gasteiger partial charge in [0, 0.05) is 5.56 Å². The Morgan fingerprint density at radius 2 is 2.15 bits per heavy atom. The van der Waals surface area contributed by atoms with Gasteiger partial charge in [-0.05, 0) is 30.2 Å². The molecular formula is C9H7Br2FO. The van der Waals surface area contributed by atoms with Crippen molar-refractivity contribution < 1.29 is 9.18 Å². The number of alkyl halides is 1. The molecule has 1 aliphatic rings. The molecule has 0 spiro atoms. The molecule has 2 rings (SSSR count). The quantitative estimate of drug-likeness (QED) is 0.674. The lowest BCUT2D eigenvalue weighted by Gasteiger charge is -1.94. The lowest BCUT2D eigenvalue weighted by atomic mass is 10.1. The third-order valence-electron chi connectivity index (χ3n) is 2.02. The molecule has 0 saturated heterocycles. The highest BCUT2D eigenvalue weighted by molar-refractivity contribution is 9.10. The second-order valence-electron chi connectivity index (χ2n) is 2.84. The van der Waals surface area contributed by atoms with Gasteiger partial charge in [0.15, 0.2) is 5.78 Å². The van der Waals surface area contributed by atoms with E-state index in [0.29, 0.717) is 12.0 Å². The molecule has 1 aromatic rings. The molecule has 0 saturated carbocycles. The van der Waals surface area contributed by atoms with Crippen LogP contribution in [0.15, 0.2) is 18.2 Å². The van der Waals surface area contributed by atoms with E-state index in [2.05, 4.69) is 15.9 Å². The minimum absolute atomic E-state index is 0. The van der Waals surface area contributed by atoms with Crippen molar-refractivity contribution in [2.24, 2.45) is 0 Å². The van der Waals surface area contributed by atoms with E-state index in [1.807, 2.05) is 0 Å². The van der Waals surface area contributed by atoms with Crippen LogP contribution in [0, 0.1) is 5.82 Å². The van der Waals surface area contributed by atoms with E-state index in [1.54, 1.807) is 6.07 Å². The molecule has 0 radical (unpaired) electrons. The van der Waals surface area contributed by atoms with Crippen LogP contribution in [0.2, 0.25) is 0 Å². The second kappa shape index (κ2) is 3.88. The number of Topliss-reactive ketones (excluding diaryl/α,β-unsaturated/α-hetero) is 1. The summed E-state index contributed by atoms with van der Waals surface area (Å²) in [6.45, 7) is 0. The highest BCUT2D eigenvalue weighted by Gasteiger charge is 2.28. The zero-order chi connectivity index (χ0) is 8.72. The standard InChI is InChI=1S/C9H6BrFO.BrH/c10-8-4-5-3-6(11)1-2-7(5)9(8)12;/h1-3,8H,4H2;1H. The summed E-state index contributed by atoms with van der Waals surface area (Å²) in [4.78, 5) is 11.2. The van der Waals surface area contributed by atoms with E-state index in [4.69, 9.17) is 0 Å². The maximum absolute atomic E-state index is 12.7. The molecule has 0 heterocycles. The van der Waals surface area contributed by atoms with E-state index < -0.39 is 0 Å². The average Bonchev–Trinajstić information content (AvgIpc) is 2.28. The first kappa shape index (κ1) is 10.9. The predicted molar refractivity (Wildman–Crippen MR) is 57.5 cm³/mol. The van der Waals surface area contributed by atoms with Crippen molar-refractivity contribution >= 4 is 38.7 Å². The summed E-state index contributed by atoms with van der Waals surface area (Å²) in [6.07, 6.45) is 0.603. The van der Waals surface area contributed by atoms with E-state index >= 15 is 0 Å². The van der Waals surface area contributed by atoms with Crippen LogP contribution in [0.3, 0.4) is 0 Å². The van der Waals surface area contributed by atoms with Gasteiger partial charge >= 0.3 is 0 Å². The van der Waals surface area contributed by atoms with Crippen molar-refractivity contribution in [3.8, 4) is 0 Å². The molecule has 1 nitrogen and oxygen atoms in total. The van der Waals surface area contributed by atoms with Crippen molar-refractivity contribution in [3.63, 3.8) is 0 Å². The fourth-order valence-corrected chi connectivity index (χ4v) is 2.02. The fourth-order valence-electron chi connectivity index (χ4n) is 1.43. The fraction of sp³-hybridized carbons (Fsp3) is 0.222. The Bertz CT molecular complexity index is 351. The maximum atomic E-state index is 12.7. The number of benzene rings is 1. The molecule has 70 valence electrons. The Kier molecular flexibility index (Phi) is 3.24. The highest BCUT2D eigenvalue weighted by atomic mass is 79.9. The van der Waals surface area contributed by atoms with Crippen LogP contribution in [0.4, 0.5) is 4.39 Å². The van der Waals surface area contributed by atoms with Crippen LogP contribution in [0.25, 0.3) is 0 Å². The second-order valence-corrected chi connectivity index (χ2v) is 3.94. The van der Waals surface area contributed by atoms with Crippen molar-refractivity contribution in [2.75, 3.05) is 0 Å². The van der Waals surface area contributed by atoms with Crippen LogP contribution < -0.4 is 0 Å². The smallest absolute Gasteiger partial charge is 0.177 e. The third-order valence-corrected chi connectivity index (χ3v) is 2.76. The molecule has 0 aromatic heterocycles. The van der Waals surface area contributed by atoms with Gasteiger partial charge in [0.1, 0.15) is 5.82 Å². The van der Waals surface area contributed by atoms with Gasteiger partial charge < -0.3 is 0 Å². The zero-order valence-corrected chi connectivity index (χ0v) is 9.89. The molecule has 1 aromatic carbocycles. The topological polar surface area (TPSA) is 17.1 Å². The Labute approximate surface area is 94.2 Å². The van der Waals surface area contributed by atoms with Crippen LogP contribution in [-0.4, -0.2) is 10.6 Å². The summed E-state index contributed by atoms with van der Waals surface area (Å²) >= 11 is 3.24. The minimum Gasteiger partial charge on any atom is -0.293 e. The van der Waals surface area contributed by atoms with Crippen molar-refractivity contribution in [1.82, 2.24) is 0 Å². The number of hydrogen-bond donors (Lipinski definition) is 0. The summed E-state index contributed by atoms with van der Waals surface area (Å²) < 4.78 is 12.7. The first-order valence-electron chi connectivity index (χ1n) is 3.65. The lowest BCUT2D eigenvalue weighted by Crippen LogP contribution is -2.05. The number of carbonyl (C=O) groups is 1. The molecule has 4 heteroatoms. The molecule has 0 aliphatic heterocycles. The zero-order valence-electron chi connectivity index (χ0n) is 6.59. The van der Waals surface area contributed by atoms with Gasteiger partial charge in [0.25, 0.3) is 0 Å². The van der Waals surface area contributed by atoms with Gasteiger partial charge in [0.05, 0.1) is 4.83 Å². The van der Waals surface area contributed by atoms with Crippen LogP contribution in [0.1, 0.15) is 15.9 Å². The van der Waals surface area contributed by atoms with Gasteiger partial charge in [-0.3, -0.25) is 4.79 Å². The molecule has 1 unspecified atom stereocenters. The Hall–Kier alpha value is -0.220. The van der Waals surface area contributed by atoms with E-state index in [1.165, 1.54) is 12.1 Å². The van der Waals surface area contributed by atoms with E-state index in [9.17, 15) is 9.18 Å². The number of carbonyl (C=O) groups excluding carboxylic acids is 1. The van der Waals surface area contributed by atoms with Gasteiger partial charge in [-0.25, -0.2) is 4.39 Å². The average molecular weight is 310 g/mol. The molecule has 0 N–H and O–H groups in total. The Morgan fingerprint density at radius 1 is 1.46 bits per heavy atom. The summed E-state index contributed by atoms with van der Waals surface area (Å²) in [5.74, 6) is -0.215. The molecule has 1 atom stereocenters. The first-order valence-corrected chi connectivity index (χ1v) is 4.57. The van der Waals surface area contributed by atoms with E-state index in [0.717, 1.165) is 5.56 Å². The van der Waals surface area contributed by atoms with Gasteiger partial charge in [0.2, 0.25) is 0 Å². The molecule has 1 aliphatic carbocycles. The SMILES string of the molecule is Br.O=C1c2ccc(F)cc2CC1Br. The maximum Gasteiger partial charge on any atom is 0.177 e.